The van der Waals surface area contributed by atoms with Crippen LogP contribution in [0.4, 0.5) is 20.6 Å². The summed E-state index contributed by atoms with van der Waals surface area (Å²) in [4.78, 5) is 33.9. The number of nitrogens with two attached hydrogens (primary N) is 1. The number of carbonyl (C=O) groups excluding carboxylic acids is 3. The average molecular weight is 308 g/mol. The topological polar surface area (TPSA) is 113 Å². The Labute approximate surface area is 126 Å². The number of primary amides is 1. The Kier molecular flexibility index (Phi) is 4.59. The SMILES string of the molecule is C[C@H](Nc1ccc(F)c(NC(=O)C2CC2)c1)C(=O)NC(N)=O. The van der Waals surface area contributed by atoms with Gasteiger partial charge in [0.2, 0.25) is 11.8 Å². The molecule has 7 nitrogen and oxygen atoms in total. The van der Waals surface area contributed by atoms with E-state index in [0.717, 1.165) is 12.8 Å². The zero-order chi connectivity index (χ0) is 16.3. The van der Waals surface area contributed by atoms with Crippen molar-refractivity contribution < 1.29 is 18.8 Å². The molecule has 1 aromatic carbocycles. The fraction of sp³-hybridized carbons (Fsp3) is 0.357. The second-order valence-electron chi connectivity index (χ2n) is 5.18. The van der Waals surface area contributed by atoms with Crippen LogP contribution in [-0.4, -0.2) is 23.9 Å². The van der Waals surface area contributed by atoms with Crippen molar-refractivity contribution in [3.8, 4) is 0 Å². The van der Waals surface area contributed by atoms with E-state index in [4.69, 9.17) is 5.73 Å². The molecule has 1 fully saturated rings. The van der Waals surface area contributed by atoms with Crippen LogP contribution in [-0.2, 0) is 9.59 Å². The van der Waals surface area contributed by atoms with E-state index in [2.05, 4.69) is 10.6 Å². The molecule has 1 atom stereocenters. The first kappa shape index (κ1) is 15.7. The molecule has 4 amide bonds. The number of imide groups is 1. The van der Waals surface area contributed by atoms with Crippen molar-refractivity contribution in [2.75, 3.05) is 10.6 Å². The number of benzene rings is 1. The molecule has 0 heterocycles. The lowest BCUT2D eigenvalue weighted by Crippen LogP contribution is -2.43. The van der Waals surface area contributed by atoms with E-state index in [0.29, 0.717) is 5.69 Å². The van der Waals surface area contributed by atoms with E-state index in [1.54, 1.807) is 0 Å². The van der Waals surface area contributed by atoms with Gasteiger partial charge in [0.05, 0.1) is 5.69 Å². The van der Waals surface area contributed by atoms with Crippen LogP contribution in [0.5, 0.6) is 0 Å². The van der Waals surface area contributed by atoms with Gasteiger partial charge in [-0.05, 0) is 38.0 Å². The molecule has 0 bridgehead atoms. The summed E-state index contributed by atoms with van der Waals surface area (Å²) in [5.41, 5.74) is 5.34. The molecule has 1 saturated carbocycles. The van der Waals surface area contributed by atoms with Gasteiger partial charge in [-0.2, -0.15) is 0 Å². The van der Waals surface area contributed by atoms with Crippen LogP contribution in [0.15, 0.2) is 18.2 Å². The molecule has 5 N–H and O–H groups in total. The van der Waals surface area contributed by atoms with Crippen molar-refractivity contribution >= 4 is 29.2 Å². The minimum atomic E-state index is -0.949. The quantitative estimate of drug-likeness (QED) is 0.654. The lowest BCUT2D eigenvalue weighted by molar-refractivity contribution is -0.120. The van der Waals surface area contributed by atoms with E-state index < -0.39 is 23.8 Å². The number of anilines is 2. The lowest BCUT2D eigenvalue weighted by Gasteiger charge is -2.15. The van der Waals surface area contributed by atoms with E-state index in [1.165, 1.54) is 25.1 Å². The minimum absolute atomic E-state index is 0.0451. The summed E-state index contributed by atoms with van der Waals surface area (Å²) in [5.74, 6) is -1.43. The molecule has 2 rings (SSSR count). The highest BCUT2D eigenvalue weighted by Gasteiger charge is 2.30. The van der Waals surface area contributed by atoms with E-state index >= 15 is 0 Å². The Morgan fingerprint density at radius 1 is 1.32 bits per heavy atom. The van der Waals surface area contributed by atoms with Crippen LogP contribution in [0.2, 0.25) is 0 Å². The monoisotopic (exact) mass is 308 g/mol. The maximum absolute atomic E-state index is 13.7. The number of hydrogen-bond donors (Lipinski definition) is 4. The van der Waals surface area contributed by atoms with Crippen LogP contribution in [0, 0.1) is 11.7 Å². The Balaban J connectivity index is 2.03. The van der Waals surface area contributed by atoms with Gasteiger partial charge in [-0.15, -0.1) is 0 Å². The van der Waals surface area contributed by atoms with Crippen molar-refractivity contribution in [2.45, 2.75) is 25.8 Å². The van der Waals surface area contributed by atoms with Gasteiger partial charge in [-0.25, -0.2) is 9.18 Å². The van der Waals surface area contributed by atoms with Gasteiger partial charge in [-0.1, -0.05) is 0 Å². The number of hydrogen-bond acceptors (Lipinski definition) is 4. The van der Waals surface area contributed by atoms with Crippen LogP contribution in [0.3, 0.4) is 0 Å². The molecule has 0 radical (unpaired) electrons. The van der Waals surface area contributed by atoms with Gasteiger partial charge in [0.1, 0.15) is 11.9 Å². The van der Waals surface area contributed by atoms with E-state index in [1.807, 2.05) is 5.32 Å². The maximum atomic E-state index is 13.7. The average Bonchev–Trinajstić information content (AvgIpc) is 3.26. The van der Waals surface area contributed by atoms with E-state index in [-0.39, 0.29) is 17.5 Å². The fourth-order valence-corrected chi connectivity index (χ4v) is 1.84. The minimum Gasteiger partial charge on any atom is -0.374 e. The third-order valence-corrected chi connectivity index (χ3v) is 3.20. The smallest absolute Gasteiger partial charge is 0.318 e. The summed E-state index contributed by atoms with van der Waals surface area (Å²) in [6, 6.07) is 2.30. The van der Waals surface area contributed by atoms with Crippen molar-refractivity contribution in [1.29, 1.82) is 0 Å². The summed E-state index contributed by atoms with van der Waals surface area (Å²) in [6.07, 6.45) is 1.63. The summed E-state index contributed by atoms with van der Waals surface area (Å²) in [6.45, 7) is 1.52. The molecule has 0 aromatic heterocycles. The first-order chi connectivity index (χ1) is 10.4. The van der Waals surface area contributed by atoms with Crippen LogP contribution in [0.25, 0.3) is 0 Å². The first-order valence-electron chi connectivity index (χ1n) is 6.84. The number of halogens is 1. The second-order valence-corrected chi connectivity index (χ2v) is 5.18. The number of urea groups is 1. The third-order valence-electron chi connectivity index (χ3n) is 3.20. The van der Waals surface area contributed by atoms with Crippen molar-refractivity contribution in [2.24, 2.45) is 11.7 Å². The Morgan fingerprint density at radius 3 is 2.59 bits per heavy atom. The molecule has 0 spiro atoms. The molecular weight excluding hydrogens is 291 g/mol. The summed E-state index contributed by atoms with van der Waals surface area (Å²) < 4.78 is 13.7. The third kappa shape index (κ3) is 4.18. The second kappa shape index (κ2) is 6.42. The van der Waals surface area contributed by atoms with Gasteiger partial charge in [0.15, 0.2) is 0 Å². The number of rotatable bonds is 5. The van der Waals surface area contributed by atoms with Crippen molar-refractivity contribution in [3.05, 3.63) is 24.0 Å². The molecule has 0 saturated heterocycles. The Hall–Kier alpha value is -2.64. The van der Waals surface area contributed by atoms with Crippen LogP contribution >= 0.6 is 0 Å². The largest absolute Gasteiger partial charge is 0.374 e. The fourth-order valence-electron chi connectivity index (χ4n) is 1.84. The molecular formula is C14H17FN4O3. The highest BCUT2D eigenvalue weighted by atomic mass is 19.1. The Bertz CT molecular complexity index is 616. The van der Waals surface area contributed by atoms with Crippen LogP contribution in [0.1, 0.15) is 19.8 Å². The van der Waals surface area contributed by atoms with E-state index in [9.17, 15) is 18.8 Å². The lowest BCUT2D eigenvalue weighted by atomic mass is 10.2. The summed E-state index contributed by atoms with van der Waals surface area (Å²) in [5, 5.41) is 7.25. The van der Waals surface area contributed by atoms with Crippen molar-refractivity contribution in [3.63, 3.8) is 0 Å². The number of amides is 4. The van der Waals surface area contributed by atoms with Gasteiger partial charge >= 0.3 is 6.03 Å². The zero-order valence-corrected chi connectivity index (χ0v) is 12.0. The van der Waals surface area contributed by atoms with Gasteiger partial charge in [0.25, 0.3) is 0 Å². The molecule has 8 heteroatoms. The molecule has 1 aromatic rings. The molecule has 22 heavy (non-hydrogen) atoms. The van der Waals surface area contributed by atoms with Crippen LogP contribution < -0.4 is 21.7 Å². The molecule has 0 aliphatic heterocycles. The van der Waals surface area contributed by atoms with Gasteiger partial charge in [0, 0.05) is 11.6 Å². The normalized spacial score (nSPS) is 14.8. The van der Waals surface area contributed by atoms with Gasteiger partial charge in [-0.3, -0.25) is 14.9 Å². The first-order valence-corrected chi connectivity index (χ1v) is 6.84. The standard InChI is InChI=1S/C14H17FN4O3/c1-7(12(20)19-14(16)22)17-9-4-5-10(15)11(6-9)18-13(21)8-2-3-8/h4-8,17H,2-3H2,1H3,(H,18,21)(H3,16,19,20,22)/t7-/m0/s1. The Morgan fingerprint density at radius 2 is 2.00 bits per heavy atom. The maximum Gasteiger partial charge on any atom is 0.318 e. The van der Waals surface area contributed by atoms with Crippen molar-refractivity contribution in [1.82, 2.24) is 5.32 Å². The predicted octanol–water partition coefficient (Wildman–Crippen LogP) is 1.17. The molecule has 1 aliphatic rings. The zero-order valence-electron chi connectivity index (χ0n) is 12.0. The number of nitrogens with one attached hydrogen (secondary N) is 3. The molecule has 1 aliphatic carbocycles. The number of carbonyl (C=O) groups is 3. The molecule has 0 unspecified atom stereocenters. The van der Waals surface area contributed by atoms with Gasteiger partial charge < -0.3 is 16.4 Å². The predicted molar refractivity (Wildman–Crippen MR) is 78.6 cm³/mol. The summed E-state index contributed by atoms with van der Waals surface area (Å²) >= 11 is 0. The summed E-state index contributed by atoms with van der Waals surface area (Å²) in [7, 11) is 0. The highest BCUT2D eigenvalue weighted by Crippen LogP contribution is 2.31. The molecule has 118 valence electrons. The highest BCUT2D eigenvalue weighted by molar-refractivity contribution is 5.97.